The van der Waals surface area contributed by atoms with Crippen LogP contribution in [0.4, 0.5) is 4.79 Å². The van der Waals surface area contributed by atoms with Crippen molar-refractivity contribution in [2.45, 2.75) is 25.9 Å². The molecule has 1 N–H and O–H groups in total. The molecule has 0 aromatic carbocycles. The summed E-state index contributed by atoms with van der Waals surface area (Å²) in [6.45, 7) is 3.28. The van der Waals surface area contributed by atoms with E-state index in [1.807, 2.05) is 5.38 Å². The Morgan fingerprint density at radius 3 is 2.67 bits per heavy atom. The Kier molecular flexibility index (Phi) is 2.86. The minimum atomic E-state index is -0.942. The van der Waals surface area contributed by atoms with Gasteiger partial charge in [-0.3, -0.25) is 23.5 Å². The van der Waals surface area contributed by atoms with Gasteiger partial charge in [-0.2, -0.15) is 0 Å². The third-order valence-corrected chi connectivity index (χ3v) is 5.03. The van der Waals surface area contributed by atoms with Gasteiger partial charge in [0.1, 0.15) is 10.2 Å². The molecule has 0 saturated carbocycles. The molecule has 1 aliphatic rings. The number of aryl methyl sites for hydroxylation is 1. The number of hydrogen-bond donors (Lipinski definition) is 1. The van der Waals surface area contributed by atoms with E-state index in [1.165, 1.54) is 15.9 Å². The highest BCUT2D eigenvalue weighted by atomic mass is 32.1. The number of hydrogen-bond acceptors (Lipinski definition) is 6. The number of aromatic nitrogens is 4. The second-order valence-corrected chi connectivity index (χ2v) is 7.11. The van der Waals surface area contributed by atoms with Crippen molar-refractivity contribution >= 4 is 39.3 Å². The fraction of sp³-hybridized carbons (Fsp3) is 0.357. The Hall–Kier alpha value is -2.75. The van der Waals surface area contributed by atoms with Crippen LogP contribution in [0.2, 0.25) is 0 Å². The zero-order valence-corrected chi connectivity index (χ0v) is 14.0. The largest absolute Gasteiger partial charge is 0.325 e. The summed E-state index contributed by atoms with van der Waals surface area (Å²) in [7, 11) is 1.62. The summed E-state index contributed by atoms with van der Waals surface area (Å²) in [5, 5.41) is 12.6. The first-order valence-electron chi connectivity index (χ1n) is 7.25. The second-order valence-electron chi connectivity index (χ2n) is 6.20. The van der Waals surface area contributed by atoms with E-state index in [0.29, 0.717) is 21.8 Å². The molecule has 0 aliphatic carbocycles. The van der Waals surface area contributed by atoms with Crippen molar-refractivity contribution in [3.8, 4) is 0 Å². The number of nitrogens with zero attached hydrogens (tertiary/aromatic N) is 5. The molecule has 0 unspecified atom stereocenters. The fourth-order valence-electron chi connectivity index (χ4n) is 2.86. The fourth-order valence-corrected chi connectivity index (χ4v) is 3.71. The molecule has 10 heteroatoms. The Balaban J connectivity index is 1.89. The quantitative estimate of drug-likeness (QED) is 0.680. The van der Waals surface area contributed by atoms with Crippen LogP contribution >= 0.6 is 11.3 Å². The molecule has 3 aromatic heterocycles. The van der Waals surface area contributed by atoms with Crippen molar-refractivity contribution in [2.24, 2.45) is 7.05 Å². The highest BCUT2D eigenvalue weighted by molar-refractivity contribution is 7.17. The van der Waals surface area contributed by atoms with Gasteiger partial charge >= 0.3 is 6.03 Å². The number of rotatable bonds is 2. The molecule has 1 fully saturated rings. The molecule has 4 rings (SSSR count). The molecule has 1 aliphatic heterocycles. The summed E-state index contributed by atoms with van der Waals surface area (Å²) in [5.74, 6) is 0.466. The van der Waals surface area contributed by atoms with Gasteiger partial charge in [-0.15, -0.1) is 21.5 Å². The zero-order chi connectivity index (χ0) is 17.2. The van der Waals surface area contributed by atoms with E-state index in [4.69, 9.17) is 0 Å². The summed E-state index contributed by atoms with van der Waals surface area (Å²) in [6, 6.07) is 1.34. The summed E-state index contributed by atoms with van der Waals surface area (Å²) in [4.78, 5) is 37.9. The Morgan fingerprint density at radius 2 is 2.00 bits per heavy atom. The SMILES string of the molecule is Cn1c(=O)c2sccc2n2c(CN3C(=O)NC(C)(C)C3=O)nnc12. The average molecular weight is 346 g/mol. The van der Waals surface area contributed by atoms with Crippen molar-refractivity contribution in [1.29, 1.82) is 0 Å². The number of amides is 3. The van der Waals surface area contributed by atoms with Crippen LogP contribution in [0.5, 0.6) is 0 Å². The monoisotopic (exact) mass is 346 g/mol. The molecule has 4 heterocycles. The Labute approximate surface area is 139 Å². The van der Waals surface area contributed by atoms with Crippen molar-refractivity contribution in [3.63, 3.8) is 0 Å². The summed E-state index contributed by atoms with van der Waals surface area (Å²) in [5.41, 5.74) is -0.422. The Bertz CT molecular complexity index is 1080. The highest BCUT2D eigenvalue weighted by Gasteiger charge is 2.44. The van der Waals surface area contributed by atoms with Gasteiger partial charge in [-0.05, 0) is 25.3 Å². The molecule has 0 bridgehead atoms. The van der Waals surface area contributed by atoms with Crippen LogP contribution in [0, 0.1) is 0 Å². The van der Waals surface area contributed by atoms with E-state index in [9.17, 15) is 14.4 Å². The van der Waals surface area contributed by atoms with Gasteiger partial charge in [0.15, 0.2) is 5.82 Å². The molecule has 3 amide bonds. The number of nitrogens with one attached hydrogen (secondary N) is 1. The second kappa shape index (κ2) is 4.63. The number of fused-ring (bicyclic) bond motifs is 3. The minimum absolute atomic E-state index is 0.0155. The van der Waals surface area contributed by atoms with E-state index in [1.54, 1.807) is 31.4 Å². The predicted octanol–water partition coefficient (Wildman–Crippen LogP) is 0.473. The topological polar surface area (TPSA) is 102 Å². The van der Waals surface area contributed by atoms with Gasteiger partial charge in [-0.1, -0.05) is 0 Å². The van der Waals surface area contributed by atoms with Crippen LogP contribution < -0.4 is 10.9 Å². The molecular weight excluding hydrogens is 332 g/mol. The first kappa shape index (κ1) is 14.8. The maximum absolute atomic E-state index is 12.4. The van der Waals surface area contributed by atoms with Crippen LogP contribution in [0.25, 0.3) is 16.0 Å². The van der Waals surface area contributed by atoms with Crippen LogP contribution in [-0.2, 0) is 18.4 Å². The lowest BCUT2D eigenvalue weighted by molar-refractivity contribution is -0.130. The smallest absolute Gasteiger partial charge is 0.324 e. The van der Waals surface area contributed by atoms with E-state index in [-0.39, 0.29) is 18.0 Å². The van der Waals surface area contributed by atoms with Gasteiger partial charge in [-0.25, -0.2) is 4.79 Å². The molecule has 0 spiro atoms. The van der Waals surface area contributed by atoms with Crippen molar-refractivity contribution in [1.82, 2.24) is 29.4 Å². The van der Waals surface area contributed by atoms with Crippen molar-refractivity contribution < 1.29 is 9.59 Å². The standard InChI is InChI=1S/C14H14N6O3S/c1-14(2)11(22)19(13(23)15-14)6-8-16-17-12-18(3)10(21)9-7(20(8)12)4-5-24-9/h4-5H,6H2,1-3H3,(H,15,23). The van der Waals surface area contributed by atoms with Gasteiger partial charge in [0.2, 0.25) is 5.78 Å². The van der Waals surface area contributed by atoms with Crippen LogP contribution in [0.15, 0.2) is 16.2 Å². The lowest BCUT2D eigenvalue weighted by Gasteiger charge is -2.15. The molecule has 9 nitrogen and oxygen atoms in total. The molecule has 0 radical (unpaired) electrons. The Morgan fingerprint density at radius 1 is 1.25 bits per heavy atom. The first-order valence-corrected chi connectivity index (χ1v) is 8.13. The molecule has 124 valence electrons. The van der Waals surface area contributed by atoms with Gasteiger partial charge < -0.3 is 5.32 Å². The summed E-state index contributed by atoms with van der Waals surface area (Å²) in [6.07, 6.45) is 0. The summed E-state index contributed by atoms with van der Waals surface area (Å²) >= 11 is 1.33. The molecule has 24 heavy (non-hydrogen) atoms. The van der Waals surface area contributed by atoms with E-state index >= 15 is 0 Å². The van der Waals surface area contributed by atoms with Crippen molar-refractivity contribution in [2.75, 3.05) is 0 Å². The third kappa shape index (κ3) is 1.83. The predicted molar refractivity (Wildman–Crippen MR) is 86.8 cm³/mol. The maximum atomic E-state index is 12.4. The van der Waals surface area contributed by atoms with E-state index in [0.717, 1.165) is 4.90 Å². The van der Waals surface area contributed by atoms with Crippen LogP contribution in [0.1, 0.15) is 19.7 Å². The molecule has 1 saturated heterocycles. The molecular formula is C14H14N6O3S. The lowest BCUT2D eigenvalue weighted by atomic mass is 10.1. The minimum Gasteiger partial charge on any atom is -0.324 e. The van der Waals surface area contributed by atoms with Crippen molar-refractivity contribution in [3.05, 3.63) is 27.6 Å². The van der Waals surface area contributed by atoms with Gasteiger partial charge in [0.05, 0.1) is 12.1 Å². The maximum Gasteiger partial charge on any atom is 0.325 e. The average Bonchev–Trinajstić information content (AvgIpc) is 3.18. The lowest BCUT2D eigenvalue weighted by Crippen LogP contribution is -2.40. The first-order chi connectivity index (χ1) is 11.3. The zero-order valence-electron chi connectivity index (χ0n) is 13.2. The van der Waals surface area contributed by atoms with Gasteiger partial charge in [0.25, 0.3) is 11.5 Å². The summed E-state index contributed by atoms with van der Waals surface area (Å²) < 4.78 is 3.69. The number of imide groups is 1. The number of carbonyl (C=O) groups is 2. The van der Waals surface area contributed by atoms with Crippen LogP contribution in [0.3, 0.4) is 0 Å². The number of thiophene rings is 1. The van der Waals surface area contributed by atoms with Crippen LogP contribution in [-0.4, -0.2) is 41.5 Å². The number of carbonyl (C=O) groups excluding carboxylic acids is 2. The third-order valence-electron chi connectivity index (χ3n) is 4.14. The molecule has 3 aromatic rings. The number of urea groups is 1. The van der Waals surface area contributed by atoms with E-state index < -0.39 is 11.6 Å². The van der Waals surface area contributed by atoms with E-state index in [2.05, 4.69) is 15.5 Å². The highest BCUT2D eigenvalue weighted by Crippen LogP contribution is 2.22. The van der Waals surface area contributed by atoms with Gasteiger partial charge in [0, 0.05) is 7.05 Å². The molecule has 0 atom stereocenters. The normalized spacial score (nSPS) is 17.2.